The van der Waals surface area contributed by atoms with Crippen LogP contribution < -0.4 is 5.43 Å². The van der Waals surface area contributed by atoms with E-state index in [0.717, 1.165) is 0 Å². The minimum absolute atomic E-state index is 0.0532. The Morgan fingerprint density at radius 1 is 1.60 bits per heavy atom. The SMILES string of the molecule is CN1NC(=O)C(=O)CC1=S. The summed E-state index contributed by atoms with van der Waals surface area (Å²) in [7, 11) is 1.60. The van der Waals surface area contributed by atoms with Gasteiger partial charge in [-0.3, -0.25) is 20.0 Å². The Morgan fingerprint density at radius 2 is 2.20 bits per heavy atom. The number of rotatable bonds is 0. The molecule has 0 aliphatic carbocycles. The molecule has 0 aromatic rings. The minimum atomic E-state index is -0.587. The fraction of sp³-hybridized carbons (Fsp3) is 0.400. The zero-order valence-electron chi connectivity index (χ0n) is 5.38. The molecule has 1 N–H and O–H groups in total. The normalized spacial score (nSPS) is 19.3. The Bertz CT molecular complexity index is 214. The number of Topliss-reactive ketones (excluding diaryl/α,β-unsaturated/α-hetero) is 1. The Kier molecular flexibility index (Phi) is 1.67. The standard InChI is InChI=1S/C5H6N2O2S/c1-7-4(10)2-3(8)5(9)6-7/h2H2,1H3,(H,6,9). The molecule has 54 valence electrons. The van der Waals surface area contributed by atoms with Gasteiger partial charge in [0.05, 0.1) is 6.42 Å². The lowest BCUT2D eigenvalue weighted by Gasteiger charge is -2.24. The topological polar surface area (TPSA) is 49.4 Å². The molecule has 1 rings (SSSR count). The number of amides is 1. The van der Waals surface area contributed by atoms with Gasteiger partial charge < -0.3 is 0 Å². The molecule has 0 saturated carbocycles. The average Bonchev–Trinajstić information content (AvgIpc) is 1.84. The maximum Gasteiger partial charge on any atom is 0.306 e. The second-order valence-corrected chi connectivity index (χ2v) is 2.46. The first-order chi connectivity index (χ1) is 4.61. The Labute approximate surface area is 63.2 Å². The molecule has 0 radical (unpaired) electrons. The first-order valence-corrected chi connectivity index (χ1v) is 3.12. The first kappa shape index (κ1) is 7.14. The van der Waals surface area contributed by atoms with E-state index in [1.54, 1.807) is 7.05 Å². The number of carbonyl (C=O) groups excluding carboxylic acids is 2. The van der Waals surface area contributed by atoms with E-state index < -0.39 is 11.7 Å². The van der Waals surface area contributed by atoms with Crippen LogP contribution >= 0.6 is 12.2 Å². The van der Waals surface area contributed by atoms with Crippen LogP contribution in [0, 0.1) is 0 Å². The van der Waals surface area contributed by atoms with Crippen molar-refractivity contribution in [1.82, 2.24) is 10.4 Å². The van der Waals surface area contributed by atoms with Gasteiger partial charge in [0.2, 0.25) is 5.78 Å². The Morgan fingerprint density at radius 3 is 2.70 bits per heavy atom. The van der Waals surface area contributed by atoms with E-state index in [1.807, 2.05) is 0 Å². The third kappa shape index (κ3) is 1.13. The van der Waals surface area contributed by atoms with Gasteiger partial charge in [-0.25, -0.2) is 0 Å². The van der Waals surface area contributed by atoms with Gasteiger partial charge in [0.1, 0.15) is 4.99 Å². The van der Waals surface area contributed by atoms with Crippen molar-refractivity contribution >= 4 is 28.9 Å². The summed E-state index contributed by atoms with van der Waals surface area (Å²) >= 11 is 4.75. The number of hydrogen-bond donors (Lipinski definition) is 1. The molecule has 4 nitrogen and oxygen atoms in total. The van der Waals surface area contributed by atoms with E-state index in [-0.39, 0.29) is 6.42 Å². The molecule has 1 amide bonds. The van der Waals surface area contributed by atoms with Gasteiger partial charge in [-0.2, -0.15) is 0 Å². The van der Waals surface area contributed by atoms with Gasteiger partial charge in [0.25, 0.3) is 0 Å². The van der Waals surface area contributed by atoms with Crippen LogP contribution in [0.25, 0.3) is 0 Å². The monoisotopic (exact) mass is 158 g/mol. The van der Waals surface area contributed by atoms with Gasteiger partial charge >= 0.3 is 5.91 Å². The molecule has 1 saturated heterocycles. The van der Waals surface area contributed by atoms with Crippen LogP contribution in [0.4, 0.5) is 0 Å². The molecule has 10 heavy (non-hydrogen) atoms. The molecule has 0 unspecified atom stereocenters. The van der Waals surface area contributed by atoms with Crippen molar-refractivity contribution in [2.24, 2.45) is 0 Å². The molecule has 0 atom stereocenters. The molecular formula is C5H6N2O2S. The molecule has 0 aromatic carbocycles. The predicted octanol–water partition coefficient (Wildman–Crippen LogP) is -0.750. The summed E-state index contributed by atoms with van der Waals surface area (Å²) < 4.78 is 0. The molecule has 1 aliphatic heterocycles. The summed E-state index contributed by atoms with van der Waals surface area (Å²) in [5.74, 6) is -1.06. The van der Waals surface area contributed by atoms with Crippen molar-refractivity contribution in [3.8, 4) is 0 Å². The highest BCUT2D eigenvalue weighted by atomic mass is 32.1. The van der Waals surface area contributed by atoms with Crippen molar-refractivity contribution in [2.75, 3.05) is 7.05 Å². The Balaban J connectivity index is 2.72. The third-order valence-electron chi connectivity index (χ3n) is 1.21. The molecule has 0 spiro atoms. The van der Waals surface area contributed by atoms with Crippen molar-refractivity contribution in [2.45, 2.75) is 6.42 Å². The number of hydrazine groups is 1. The van der Waals surface area contributed by atoms with Crippen molar-refractivity contribution in [3.05, 3.63) is 0 Å². The molecule has 1 aliphatic rings. The van der Waals surface area contributed by atoms with Crippen LogP contribution in [0.15, 0.2) is 0 Å². The molecule has 0 aromatic heterocycles. The lowest BCUT2D eigenvalue weighted by atomic mass is 10.2. The summed E-state index contributed by atoms with van der Waals surface area (Å²) in [5, 5.41) is 1.37. The number of thiocarbonyl (C=S) groups is 1. The number of hydrogen-bond acceptors (Lipinski definition) is 3. The van der Waals surface area contributed by atoms with Crippen molar-refractivity contribution in [3.63, 3.8) is 0 Å². The average molecular weight is 158 g/mol. The highest BCUT2D eigenvalue weighted by Crippen LogP contribution is 1.98. The van der Waals surface area contributed by atoms with Gasteiger partial charge in [-0.05, 0) is 0 Å². The second-order valence-electron chi connectivity index (χ2n) is 1.99. The first-order valence-electron chi connectivity index (χ1n) is 2.71. The van der Waals surface area contributed by atoms with E-state index in [2.05, 4.69) is 5.43 Å². The molecule has 0 bridgehead atoms. The lowest BCUT2D eigenvalue weighted by molar-refractivity contribution is -0.140. The van der Waals surface area contributed by atoms with E-state index in [4.69, 9.17) is 12.2 Å². The van der Waals surface area contributed by atoms with Crippen LogP contribution in [-0.4, -0.2) is 28.7 Å². The van der Waals surface area contributed by atoms with Gasteiger partial charge in [0.15, 0.2) is 0 Å². The number of nitrogens with zero attached hydrogens (tertiary/aromatic N) is 1. The van der Waals surface area contributed by atoms with Crippen molar-refractivity contribution in [1.29, 1.82) is 0 Å². The number of ketones is 1. The minimum Gasteiger partial charge on any atom is -0.288 e. The van der Waals surface area contributed by atoms with E-state index in [9.17, 15) is 9.59 Å². The van der Waals surface area contributed by atoms with Crippen molar-refractivity contribution < 1.29 is 9.59 Å². The highest BCUT2D eigenvalue weighted by molar-refractivity contribution is 7.80. The summed E-state index contributed by atoms with van der Waals surface area (Å²) in [4.78, 5) is 21.7. The summed E-state index contributed by atoms with van der Waals surface area (Å²) in [6.07, 6.45) is 0.0532. The maximum atomic E-state index is 10.6. The highest BCUT2D eigenvalue weighted by Gasteiger charge is 2.24. The molecule has 1 heterocycles. The largest absolute Gasteiger partial charge is 0.306 e. The predicted molar refractivity (Wildman–Crippen MR) is 38.1 cm³/mol. The quantitative estimate of drug-likeness (QED) is 0.372. The van der Waals surface area contributed by atoms with E-state index in [0.29, 0.717) is 4.99 Å². The van der Waals surface area contributed by atoms with Crippen LogP contribution in [-0.2, 0) is 9.59 Å². The maximum absolute atomic E-state index is 10.6. The molecule has 1 fully saturated rings. The lowest BCUT2D eigenvalue weighted by Crippen LogP contribution is -2.51. The van der Waals surface area contributed by atoms with Gasteiger partial charge in [0, 0.05) is 7.05 Å². The number of carbonyl (C=O) groups is 2. The van der Waals surface area contributed by atoms with Crippen LogP contribution in [0.1, 0.15) is 6.42 Å². The smallest absolute Gasteiger partial charge is 0.288 e. The second kappa shape index (κ2) is 2.34. The van der Waals surface area contributed by atoms with E-state index >= 15 is 0 Å². The molecule has 5 heteroatoms. The van der Waals surface area contributed by atoms with E-state index in [1.165, 1.54) is 5.01 Å². The zero-order valence-corrected chi connectivity index (χ0v) is 6.20. The van der Waals surface area contributed by atoms with Crippen LogP contribution in [0.2, 0.25) is 0 Å². The van der Waals surface area contributed by atoms with Crippen LogP contribution in [0.5, 0.6) is 0 Å². The Hall–Kier alpha value is -0.970. The summed E-state index contributed by atoms with van der Waals surface area (Å²) in [5.41, 5.74) is 2.28. The van der Waals surface area contributed by atoms with Crippen LogP contribution in [0.3, 0.4) is 0 Å². The fourth-order valence-corrected chi connectivity index (χ4v) is 0.790. The van der Waals surface area contributed by atoms with Gasteiger partial charge in [-0.1, -0.05) is 12.2 Å². The number of nitrogens with one attached hydrogen (secondary N) is 1. The molecular weight excluding hydrogens is 152 g/mol. The summed E-state index contributed by atoms with van der Waals surface area (Å²) in [6, 6.07) is 0. The summed E-state index contributed by atoms with van der Waals surface area (Å²) in [6.45, 7) is 0. The third-order valence-corrected chi connectivity index (χ3v) is 1.63. The zero-order chi connectivity index (χ0) is 7.72. The fourth-order valence-electron chi connectivity index (χ4n) is 0.613. The van der Waals surface area contributed by atoms with Gasteiger partial charge in [-0.15, -0.1) is 0 Å².